The summed E-state index contributed by atoms with van der Waals surface area (Å²) in [7, 11) is 0. The summed E-state index contributed by atoms with van der Waals surface area (Å²) >= 11 is 1.57. The Labute approximate surface area is 115 Å². The largest absolute Gasteiger partial charge is 0.399 e. The quantitative estimate of drug-likeness (QED) is 0.467. The number of ketones is 1. The first kappa shape index (κ1) is 11.9. The maximum absolute atomic E-state index is 11.7. The minimum absolute atomic E-state index is 0.00412. The molecule has 0 atom stereocenters. The minimum atomic E-state index is -0.00412. The van der Waals surface area contributed by atoms with Gasteiger partial charge in [-0.05, 0) is 37.3 Å². The summed E-state index contributed by atoms with van der Waals surface area (Å²) in [5.41, 5.74) is 15.3. The maximum Gasteiger partial charge on any atom is 0.162 e. The van der Waals surface area contributed by atoms with Crippen LogP contribution >= 0.6 is 11.8 Å². The lowest BCUT2D eigenvalue weighted by Crippen LogP contribution is -2.07. The van der Waals surface area contributed by atoms with Crippen LogP contribution in [0.15, 0.2) is 40.1 Å². The molecule has 0 spiro atoms. The second-order valence-corrected chi connectivity index (χ2v) is 5.56. The minimum Gasteiger partial charge on any atom is -0.399 e. The van der Waals surface area contributed by atoms with E-state index in [4.69, 9.17) is 11.5 Å². The predicted octanol–water partition coefficient (Wildman–Crippen LogP) is 3.26. The molecule has 96 valence electrons. The molecular formula is C14H13N3OS. The van der Waals surface area contributed by atoms with Gasteiger partial charge in [-0.2, -0.15) is 0 Å². The highest BCUT2D eigenvalue weighted by Gasteiger charge is 2.21. The van der Waals surface area contributed by atoms with Crippen LogP contribution in [0.4, 0.5) is 22.7 Å². The lowest BCUT2D eigenvalue weighted by atomic mass is 10.1. The zero-order chi connectivity index (χ0) is 13.6. The van der Waals surface area contributed by atoms with Gasteiger partial charge in [-0.1, -0.05) is 11.8 Å². The number of rotatable bonds is 1. The van der Waals surface area contributed by atoms with E-state index < -0.39 is 0 Å². The summed E-state index contributed by atoms with van der Waals surface area (Å²) in [5, 5.41) is 3.29. The number of nitrogen functional groups attached to an aromatic ring is 2. The van der Waals surface area contributed by atoms with E-state index >= 15 is 0 Å². The van der Waals surface area contributed by atoms with Gasteiger partial charge in [-0.3, -0.25) is 4.79 Å². The fourth-order valence-corrected chi connectivity index (χ4v) is 3.22. The van der Waals surface area contributed by atoms with Crippen LogP contribution in [0.5, 0.6) is 0 Å². The molecular weight excluding hydrogens is 258 g/mol. The number of hydrogen-bond donors (Lipinski definition) is 3. The summed E-state index contributed by atoms with van der Waals surface area (Å²) in [5.74, 6) is -0.00412. The van der Waals surface area contributed by atoms with Crippen LogP contribution in [0.25, 0.3) is 0 Å². The molecule has 0 aliphatic carbocycles. The van der Waals surface area contributed by atoms with Crippen molar-refractivity contribution >= 4 is 40.3 Å². The van der Waals surface area contributed by atoms with E-state index in [-0.39, 0.29) is 5.78 Å². The van der Waals surface area contributed by atoms with E-state index in [9.17, 15) is 4.79 Å². The van der Waals surface area contributed by atoms with Crippen molar-refractivity contribution in [3.05, 3.63) is 35.9 Å². The van der Waals surface area contributed by atoms with E-state index in [1.807, 2.05) is 24.3 Å². The number of benzene rings is 2. The Morgan fingerprint density at radius 2 is 1.84 bits per heavy atom. The zero-order valence-electron chi connectivity index (χ0n) is 10.4. The van der Waals surface area contributed by atoms with E-state index in [1.165, 1.54) is 0 Å². The van der Waals surface area contributed by atoms with Crippen molar-refractivity contribution in [3.8, 4) is 0 Å². The highest BCUT2D eigenvalue weighted by atomic mass is 32.2. The van der Waals surface area contributed by atoms with E-state index in [0.29, 0.717) is 16.9 Å². The smallest absolute Gasteiger partial charge is 0.162 e. The van der Waals surface area contributed by atoms with Gasteiger partial charge in [0.15, 0.2) is 5.78 Å². The highest BCUT2D eigenvalue weighted by Crippen LogP contribution is 2.47. The Bertz CT molecular complexity index is 697. The average molecular weight is 271 g/mol. The summed E-state index contributed by atoms with van der Waals surface area (Å²) < 4.78 is 0. The molecule has 0 bridgehead atoms. The van der Waals surface area contributed by atoms with Crippen LogP contribution in [-0.2, 0) is 0 Å². The molecule has 19 heavy (non-hydrogen) atoms. The van der Waals surface area contributed by atoms with Gasteiger partial charge in [0.2, 0.25) is 0 Å². The third-order valence-electron chi connectivity index (χ3n) is 2.99. The highest BCUT2D eigenvalue weighted by molar-refractivity contribution is 7.99. The standard InChI is InChI=1S/C14H13N3OS/c1-7(18)10-4-9(16)6-13-14(10)17-11-3-2-8(15)5-12(11)19-13/h2-6,17H,15-16H2,1H3. The molecule has 2 aromatic carbocycles. The molecule has 0 radical (unpaired) electrons. The first-order chi connectivity index (χ1) is 9.04. The number of hydrogen-bond acceptors (Lipinski definition) is 5. The van der Waals surface area contributed by atoms with Crippen molar-refractivity contribution in [1.29, 1.82) is 0 Å². The number of carbonyl (C=O) groups excluding carboxylic acids is 1. The molecule has 0 fully saturated rings. The number of nitrogens with one attached hydrogen (secondary N) is 1. The first-order valence-electron chi connectivity index (χ1n) is 5.83. The monoisotopic (exact) mass is 271 g/mol. The van der Waals surface area contributed by atoms with E-state index in [1.54, 1.807) is 24.8 Å². The third kappa shape index (κ3) is 2.02. The summed E-state index contributed by atoms with van der Waals surface area (Å²) in [6.45, 7) is 1.54. The lowest BCUT2D eigenvalue weighted by molar-refractivity contribution is 0.101. The fraction of sp³-hybridized carbons (Fsp3) is 0.0714. The average Bonchev–Trinajstić information content (AvgIpc) is 2.35. The lowest BCUT2D eigenvalue weighted by Gasteiger charge is -2.23. The fourth-order valence-electron chi connectivity index (χ4n) is 2.10. The Morgan fingerprint density at radius 3 is 2.58 bits per heavy atom. The van der Waals surface area contributed by atoms with Crippen LogP contribution in [-0.4, -0.2) is 5.78 Å². The molecule has 1 heterocycles. The van der Waals surface area contributed by atoms with Crippen molar-refractivity contribution in [2.45, 2.75) is 16.7 Å². The van der Waals surface area contributed by atoms with Crippen LogP contribution in [0, 0.1) is 0 Å². The molecule has 5 heteroatoms. The Balaban J connectivity index is 2.16. The number of carbonyl (C=O) groups is 1. The second-order valence-electron chi connectivity index (χ2n) is 4.48. The topological polar surface area (TPSA) is 81.1 Å². The number of Topliss-reactive ketones (excluding diaryl/α,β-unsaturated/α-hetero) is 1. The molecule has 0 aromatic heterocycles. The molecule has 0 saturated carbocycles. The van der Waals surface area contributed by atoms with Gasteiger partial charge in [0, 0.05) is 26.7 Å². The molecule has 3 rings (SSSR count). The van der Waals surface area contributed by atoms with Crippen molar-refractivity contribution in [3.63, 3.8) is 0 Å². The van der Waals surface area contributed by atoms with Crippen molar-refractivity contribution in [1.82, 2.24) is 0 Å². The van der Waals surface area contributed by atoms with Crippen LogP contribution in [0.1, 0.15) is 17.3 Å². The van der Waals surface area contributed by atoms with E-state index in [0.717, 1.165) is 21.2 Å². The van der Waals surface area contributed by atoms with E-state index in [2.05, 4.69) is 5.32 Å². The molecule has 2 aromatic rings. The number of nitrogens with two attached hydrogens (primary N) is 2. The van der Waals surface area contributed by atoms with Crippen LogP contribution in [0.3, 0.4) is 0 Å². The summed E-state index contributed by atoms with van der Waals surface area (Å²) in [6, 6.07) is 9.23. The van der Waals surface area contributed by atoms with Gasteiger partial charge in [0.25, 0.3) is 0 Å². The third-order valence-corrected chi connectivity index (χ3v) is 4.09. The van der Waals surface area contributed by atoms with Crippen LogP contribution < -0.4 is 16.8 Å². The normalized spacial score (nSPS) is 12.3. The Kier molecular flexibility index (Phi) is 2.64. The molecule has 1 aliphatic heterocycles. The first-order valence-corrected chi connectivity index (χ1v) is 6.65. The van der Waals surface area contributed by atoms with Gasteiger partial charge >= 0.3 is 0 Å². The molecule has 0 saturated heterocycles. The van der Waals surface area contributed by atoms with Crippen molar-refractivity contribution in [2.24, 2.45) is 0 Å². The van der Waals surface area contributed by atoms with Crippen LogP contribution in [0.2, 0.25) is 0 Å². The van der Waals surface area contributed by atoms with Crippen molar-refractivity contribution < 1.29 is 4.79 Å². The Hall–Kier alpha value is -2.14. The maximum atomic E-state index is 11.7. The zero-order valence-corrected chi connectivity index (χ0v) is 11.2. The van der Waals surface area contributed by atoms with Gasteiger partial charge in [0.1, 0.15) is 0 Å². The van der Waals surface area contributed by atoms with Gasteiger partial charge in [-0.15, -0.1) is 0 Å². The SMILES string of the molecule is CC(=O)c1cc(N)cc2c1Nc1ccc(N)cc1S2. The molecule has 4 nitrogen and oxygen atoms in total. The molecule has 1 aliphatic rings. The van der Waals surface area contributed by atoms with Gasteiger partial charge in [0.05, 0.1) is 11.4 Å². The number of fused-ring (bicyclic) bond motifs is 2. The number of anilines is 4. The van der Waals surface area contributed by atoms with Gasteiger partial charge in [-0.25, -0.2) is 0 Å². The second kappa shape index (κ2) is 4.20. The predicted molar refractivity (Wildman–Crippen MR) is 79.1 cm³/mol. The molecule has 0 unspecified atom stereocenters. The summed E-state index contributed by atoms with van der Waals surface area (Å²) in [4.78, 5) is 13.7. The van der Waals surface area contributed by atoms with Crippen molar-refractivity contribution in [2.75, 3.05) is 16.8 Å². The Morgan fingerprint density at radius 1 is 1.11 bits per heavy atom. The summed E-state index contributed by atoms with van der Waals surface area (Å²) in [6.07, 6.45) is 0. The molecule has 0 amide bonds. The van der Waals surface area contributed by atoms with Gasteiger partial charge < -0.3 is 16.8 Å². The molecule has 5 N–H and O–H groups in total.